The maximum absolute atomic E-state index is 2.28. The van der Waals surface area contributed by atoms with Crippen molar-refractivity contribution in [3.05, 3.63) is 23.1 Å². The van der Waals surface area contributed by atoms with Crippen molar-refractivity contribution in [2.45, 2.75) is 40.5 Å². The van der Waals surface area contributed by atoms with Crippen LogP contribution in [0.4, 0.5) is 0 Å². The lowest BCUT2D eigenvalue weighted by molar-refractivity contribution is 0.420. The monoisotopic (exact) mass is 198 g/mol. The van der Waals surface area contributed by atoms with E-state index in [1.165, 1.54) is 5.57 Å². The average molecular weight is 198 g/mol. The van der Waals surface area contributed by atoms with E-state index in [9.17, 15) is 0 Å². The highest BCUT2D eigenvalue weighted by Crippen LogP contribution is 2.19. The lowest BCUT2D eigenvalue weighted by atomic mass is 9.92. The molecule has 0 atom stereocenters. The van der Waals surface area contributed by atoms with Gasteiger partial charge in [-0.05, 0) is 35.5 Å². The maximum Gasteiger partial charge on any atom is -0.0142 e. The Bertz CT molecular complexity index is 182. The van der Waals surface area contributed by atoms with Gasteiger partial charge in [-0.2, -0.15) is 0 Å². The molecule has 0 amide bonds. The molecule has 0 unspecified atom stereocenters. The van der Waals surface area contributed by atoms with E-state index in [-0.39, 0.29) is 0 Å². The zero-order valence-corrected chi connectivity index (χ0v) is 10.4. The minimum absolute atomic E-state index is 0.411. The summed E-state index contributed by atoms with van der Waals surface area (Å²) in [5.41, 5.74) is 1.84. The van der Waals surface area contributed by atoms with Gasteiger partial charge in [-0.1, -0.05) is 39.8 Å². The van der Waals surface area contributed by atoms with Crippen LogP contribution in [0.5, 0.6) is 0 Å². The Balaban J connectivity index is 4.02. The van der Waals surface area contributed by atoms with Gasteiger partial charge in [-0.25, -0.2) is 0 Å². The van der Waals surface area contributed by atoms with Gasteiger partial charge < -0.3 is 0 Å². The highest BCUT2D eigenvalue weighted by atomic mass is 32.2. The van der Waals surface area contributed by atoms with E-state index < -0.39 is 0 Å². The smallest absolute Gasteiger partial charge is 0.0142 e. The largest absolute Gasteiger partial charge is 0.137 e. The molecule has 0 aliphatic carbocycles. The van der Waals surface area contributed by atoms with E-state index in [2.05, 4.69) is 51.5 Å². The first kappa shape index (κ1) is 12.8. The summed E-state index contributed by atoms with van der Waals surface area (Å²) in [7, 11) is 0. The van der Waals surface area contributed by atoms with Gasteiger partial charge in [0.05, 0.1) is 0 Å². The third-order valence-corrected chi connectivity index (χ3v) is 2.28. The SMILES string of the molecule is CCC(C=CCC(C)(C)C)=CSC. The quantitative estimate of drug-likeness (QED) is 0.593. The summed E-state index contributed by atoms with van der Waals surface area (Å²) in [6.07, 6.45) is 8.92. The normalized spacial score (nSPS) is 14.1. The van der Waals surface area contributed by atoms with E-state index >= 15 is 0 Å². The summed E-state index contributed by atoms with van der Waals surface area (Å²) in [5.74, 6) is 0. The van der Waals surface area contributed by atoms with Crippen molar-refractivity contribution in [3.8, 4) is 0 Å². The number of allylic oxidation sites excluding steroid dienone is 3. The number of hydrogen-bond donors (Lipinski definition) is 0. The molecule has 13 heavy (non-hydrogen) atoms. The van der Waals surface area contributed by atoms with Crippen molar-refractivity contribution in [1.82, 2.24) is 0 Å². The van der Waals surface area contributed by atoms with Crippen LogP contribution in [0.15, 0.2) is 23.1 Å². The second-order valence-corrected chi connectivity index (χ2v) is 5.16. The number of thioether (sulfide) groups is 1. The van der Waals surface area contributed by atoms with Crippen LogP contribution in [0.2, 0.25) is 0 Å². The average Bonchev–Trinajstić information content (AvgIpc) is 2.01. The Kier molecular flexibility index (Phi) is 6.23. The Labute approximate surface area is 87.5 Å². The zero-order valence-electron chi connectivity index (χ0n) is 9.55. The molecular formula is C12H22S. The summed E-state index contributed by atoms with van der Waals surface area (Å²) in [4.78, 5) is 0. The van der Waals surface area contributed by atoms with Crippen LogP contribution >= 0.6 is 11.8 Å². The van der Waals surface area contributed by atoms with Crippen molar-refractivity contribution in [2.24, 2.45) is 5.41 Å². The molecule has 0 aliphatic rings. The summed E-state index contributed by atoms with van der Waals surface area (Å²) in [5, 5.41) is 2.22. The van der Waals surface area contributed by atoms with Gasteiger partial charge in [-0.3, -0.25) is 0 Å². The first-order valence-electron chi connectivity index (χ1n) is 4.88. The molecule has 0 aromatic heterocycles. The molecular weight excluding hydrogens is 176 g/mol. The molecule has 0 aromatic rings. The summed E-state index contributed by atoms with van der Waals surface area (Å²) in [6, 6.07) is 0. The van der Waals surface area contributed by atoms with Crippen LogP contribution in [-0.2, 0) is 0 Å². The first-order chi connectivity index (χ1) is 5.99. The van der Waals surface area contributed by atoms with Gasteiger partial charge in [0.25, 0.3) is 0 Å². The Hall–Kier alpha value is -0.170. The highest BCUT2D eigenvalue weighted by molar-refractivity contribution is 8.01. The van der Waals surface area contributed by atoms with Crippen molar-refractivity contribution in [2.75, 3.05) is 6.26 Å². The standard InChI is InChI=1S/C12H22S/c1-6-11(10-13-5)8-7-9-12(2,3)4/h7-8,10H,6,9H2,1-5H3. The number of hydrogen-bond acceptors (Lipinski definition) is 1. The van der Waals surface area contributed by atoms with E-state index in [4.69, 9.17) is 0 Å². The topological polar surface area (TPSA) is 0 Å². The van der Waals surface area contributed by atoms with Gasteiger partial charge in [-0.15, -0.1) is 11.8 Å². The summed E-state index contributed by atoms with van der Waals surface area (Å²) < 4.78 is 0. The Morgan fingerprint density at radius 2 is 1.92 bits per heavy atom. The second kappa shape index (κ2) is 6.31. The molecule has 76 valence electrons. The van der Waals surface area contributed by atoms with Gasteiger partial charge >= 0.3 is 0 Å². The molecule has 1 heteroatoms. The second-order valence-electron chi connectivity index (χ2n) is 4.45. The molecule has 0 fully saturated rings. The van der Waals surface area contributed by atoms with Crippen LogP contribution in [0.25, 0.3) is 0 Å². The van der Waals surface area contributed by atoms with Crippen molar-refractivity contribution >= 4 is 11.8 Å². The van der Waals surface area contributed by atoms with Crippen LogP contribution in [-0.4, -0.2) is 6.26 Å². The molecule has 0 rings (SSSR count). The molecule has 0 radical (unpaired) electrons. The summed E-state index contributed by atoms with van der Waals surface area (Å²) in [6.45, 7) is 8.99. The van der Waals surface area contributed by atoms with E-state index in [0.717, 1.165) is 12.8 Å². The lowest BCUT2D eigenvalue weighted by Crippen LogP contribution is -2.01. The van der Waals surface area contributed by atoms with Gasteiger partial charge in [0, 0.05) is 0 Å². The van der Waals surface area contributed by atoms with Crippen LogP contribution in [0.3, 0.4) is 0 Å². The Morgan fingerprint density at radius 1 is 1.31 bits per heavy atom. The highest BCUT2D eigenvalue weighted by Gasteiger charge is 2.06. The van der Waals surface area contributed by atoms with Gasteiger partial charge in [0.15, 0.2) is 0 Å². The molecule has 0 N–H and O–H groups in total. The van der Waals surface area contributed by atoms with E-state index in [0.29, 0.717) is 5.41 Å². The fourth-order valence-electron chi connectivity index (χ4n) is 0.956. The predicted molar refractivity (Wildman–Crippen MR) is 65.1 cm³/mol. The molecule has 0 aromatic carbocycles. The summed E-state index contributed by atoms with van der Waals surface area (Å²) >= 11 is 1.78. The third kappa shape index (κ3) is 8.17. The Morgan fingerprint density at radius 3 is 2.31 bits per heavy atom. The minimum atomic E-state index is 0.411. The molecule has 0 spiro atoms. The van der Waals surface area contributed by atoms with Crippen LogP contribution < -0.4 is 0 Å². The molecule has 0 bridgehead atoms. The lowest BCUT2D eigenvalue weighted by Gasteiger charge is -2.14. The van der Waals surface area contributed by atoms with Gasteiger partial charge in [0.1, 0.15) is 0 Å². The molecule has 0 nitrogen and oxygen atoms in total. The molecule has 0 saturated carbocycles. The molecule has 0 heterocycles. The van der Waals surface area contributed by atoms with Crippen LogP contribution in [0.1, 0.15) is 40.5 Å². The van der Waals surface area contributed by atoms with E-state index in [1.807, 2.05) is 0 Å². The van der Waals surface area contributed by atoms with E-state index in [1.54, 1.807) is 11.8 Å². The predicted octanol–water partition coefficient (Wildman–Crippen LogP) is 4.64. The maximum atomic E-state index is 2.28. The number of rotatable bonds is 4. The van der Waals surface area contributed by atoms with Crippen molar-refractivity contribution in [3.63, 3.8) is 0 Å². The fourth-order valence-corrected chi connectivity index (χ4v) is 1.50. The zero-order chi connectivity index (χ0) is 10.3. The third-order valence-electron chi connectivity index (χ3n) is 1.74. The minimum Gasteiger partial charge on any atom is -0.137 e. The molecule has 0 saturated heterocycles. The fraction of sp³-hybridized carbons (Fsp3) is 0.667. The van der Waals surface area contributed by atoms with Gasteiger partial charge in [0.2, 0.25) is 0 Å². The van der Waals surface area contributed by atoms with Crippen molar-refractivity contribution in [1.29, 1.82) is 0 Å². The van der Waals surface area contributed by atoms with Crippen LogP contribution in [0, 0.1) is 5.41 Å². The molecule has 0 aliphatic heterocycles. The first-order valence-corrected chi connectivity index (χ1v) is 6.16. The van der Waals surface area contributed by atoms with Crippen molar-refractivity contribution < 1.29 is 0 Å².